The molecule has 0 aliphatic rings. The molecule has 0 radical (unpaired) electrons. The predicted octanol–water partition coefficient (Wildman–Crippen LogP) is 2.20. The average molecular weight is 225 g/mol. The molecule has 0 aromatic heterocycles. The lowest BCUT2D eigenvalue weighted by Gasteiger charge is -2.21. The van der Waals surface area contributed by atoms with E-state index in [1.807, 2.05) is 13.8 Å². The normalized spacial score (nSPS) is 11.9. The minimum Gasteiger partial charge on any atom is -0.396 e. The van der Waals surface area contributed by atoms with Crippen LogP contribution in [-0.2, 0) is 0 Å². The summed E-state index contributed by atoms with van der Waals surface area (Å²) < 4.78 is 36.4. The van der Waals surface area contributed by atoms with Crippen LogP contribution in [0.3, 0.4) is 0 Å². The van der Waals surface area contributed by atoms with Crippen molar-refractivity contribution >= 4 is 0 Å². The van der Waals surface area contributed by atoms with Crippen LogP contribution in [0.1, 0.15) is 20.3 Å². The number of aliphatic hydroxyl groups excluding tert-OH is 1. The molecule has 0 amide bonds. The second-order valence-corrected chi connectivity index (χ2v) is 3.71. The molecule has 0 aliphatic heterocycles. The van der Waals surface area contributed by atoms with Gasteiger partial charge in [0, 0.05) is 19.7 Å². The largest absolute Gasteiger partial charge is 0.401 e. The van der Waals surface area contributed by atoms with E-state index in [4.69, 9.17) is 5.11 Å². The van der Waals surface area contributed by atoms with Gasteiger partial charge >= 0.3 is 6.18 Å². The Hall–Kier alpha value is -0.550. The van der Waals surface area contributed by atoms with Crippen molar-refractivity contribution in [1.29, 1.82) is 0 Å². The van der Waals surface area contributed by atoms with Crippen molar-refractivity contribution in [2.24, 2.45) is 0 Å². The Morgan fingerprint density at radius 3 is 2.33 bits per heavy atom. The fourth-order valence-corrected chi connectivity index (χ4v) is 1.09. The summed E-state index contributed by atoms with van der Waals surface area (Å²) >= 11 is 0. The molecule has 0 saturated heterocycles. The van der Waals surface area contributed by atoms with E-state index < -0.39 is 12.7 Å². The van der Waals surface area contributed by atoms with Gasteiger partial charge in [0.2, 0.25) is 0 Å². The Labute approximate surface area is 88.4 Å². The molecule has 15 heavy (non-hydrogen) atoms. The first-order chi connectivity index (χ1) is 6.85. The first-order valence-electron chi connectivity index (χ1n) is 4.88. The third-order valence-corrected chi connectivity index (χ3v) is 1.79. The van der Waals surface area contributed by atoms with E-state index >= 15 is 0 Å². The van der Waals surface area contributed by atoms with Crippen molar-refractivity contribution in [1.82, 2.24) is 4.90 Å². The van der Waals surface area contributed by atoms with Gasteiger partial charge in [0.15, 0.2) is 0 Å². The van der Waals surface area contributed by atoms with Crippen LogP contribution >= 0.6 is 0 Å². The van der Waals surface area contributed by atoms with Gasteiger partial charge in [-0.1, -0.05) is 11.6 Å². The molecular weight excluding hydrogens is 207 g/mol. The van der Waals surface area contributed by atoms with E-state index in [2.05, 4.69) is 0 Å². The van der Waals surface area contributed by atoms with Crippen LogP contribution in [0.2, 0.25) is 0 Å². The van der Waals surface area contributed by atoms with Gasteiger partial charge in [0.05, 0.1) is 6.54 Å². The standard InChI is InChI=1S/C10H18F3NO/c1-9(2)4-6-14(5-3-7-15)8-10(11,12)13/h4,15H,3,5-8H2,1-2H3. The van der Waals surface area contributed by atoms with Crippen molar-refractivity contribution in [3.05, 3.63) is 11.6 Å². The molecule has 90 valence electrons. The van der Waals surface area contributed by atoms with Gasteiger partial charge in [-0.25, -0.2) is 0 Å². The molecule has 0 atom stereocenters. The van der Waals surface area contributed by atoms with E-state index in [-0.39, 0.29) is 19.7 Å². The maximum Gasteiger partial charge on any atom is 0.401 e. The molecule has 0 aromatic carbocycles. The summed E-state index contributed by atoms with van der Waals surface area (Å²) in [5.41, 5.74) is 0.992. The smallest absolute Gasteiger partial charge is 0.396 e. The second kappa shape index (κ2) is 6.85. The second-order valence-electron chi connectivity index (χ2n) is 3.71. The summed E-state index contributed by atoms with van der Waals surface area (Å²) in [6.45, 7) is 3.23. The highest BCUT2D eigenvalue weighted by Crippen LogP contribution is 2.16. The fraction of sp³-hybridized carbons (Fsp3) is 0.800. The van der Waals surface area contributed by atoms with E-state index in [1.54, 1.807) is 6.08 Å². The monoisotopic (exact) mass is 225 g/mol. The number of hydrogen-bond donors (Lipinski definition) is 1. The number of halogens is 3. The minimum absolute atomic E-state index is 0.0802. The molecular formula is C10H18F3NO. The van der Waals surface area contributed by atoms with Crippen molar-refractivity contribution in [3.8, 4) is 0 Å². The highest BCUT2D eigenvalue weighted by Gasteiger charge is 2.29. The van der Waals surface area contributed by atoms with E-state index in [1.165, 1.54) is 4.90 Å². The van der Waals surface area contributed by atoms with Gasteiger partial charge in [0.25, 0.3) is 0 Å². The zero-order chi connectivity index (χ0) is 11.9. The fourth-order valence-electron chi connectivity index (χ4n) is 1.09. The predicted molar refractivity (Wildman–Crippen MR) is 53.6 cm³/mol. The van der Waals surface area contributed by atoms with Gasteiger partial charge < -0.3 is 5.11 Å². The quantitative estimate of drug-likeness (QED) is 0.700. The molecule has 0 unspecified atom stereocenters. The zero-order valence-electron chi connectivity index (χ0n) is 9.14. The van der Waals surface area contributed by atoms with E-state index in [0.717, 1.165) is 5.57 Å². The van der Waals surface area contributed by atoms with Crippen LogP contribution in [0.4, 0.5) is 13.2 Å². The molecule has 0 aliphatic carbocycles. The Bertz CT molecular complexity index is 197. The van der Waals surface area contributed by atoms with Gasteiger partial charge in [-0.15, -0.1) is 0 Å². The molecule has 0 fully saturated rings. The number of rotatable bonds is 6. The van der Waals surface area contributed by atoms with E-state index in [9.17, 15) is 13.2 Å². The van der Waals surface area contributed by atoms with Crippen LogP contribution in [-0.4, -0.2) is 42.4 Å². The van der Waals surface area contributed by atoms with Crippen molar-refractivity contribution < 1.29 is 18.3 Å². The summed E-state index contributed by atoms with van der Waals surface area (Å²) in [6.07, 6.45) is -2.05. The number of hydrogen-bond acceptors (Lipinski definition) is 2. The van der Waals surface area contributed by atoms with Crippen LogP contribution in [0.15, 0.2) is 11.6 Å². The van der Waals surface area contributed by atoms with Crippen molar-refractivity contribution in [3.63, 3.8) is 0 Å². The number of nitrogens with zero attached hydrogens (tertiary/aromatic N) is 1. The molecule has 0 spiro atoms. The van der Waals surface area contributed by atoms with Crippen LogP contribution in [0.25, 0.3) is 0 Å². The minimum atomic E-state index is -4.18. The van der Waals surface area contributed by atoms with Crippen LogP contribution in [0.5, 0.6) is 0 Å². The molecule has 0 bridgehead atoms. The number of allylic oxidation sites excluding steroid dienone is 1. The van der Waals surface area contributed by atoms with Crippen LogP contribution in [0, 0.1) is 0 Å². The van der Waals surface area contributed by atoms with E-state index in [0.29, 0.717) is 6.42 Å². The lowest BCUT2D eigenvalue weighted by atomic mass is 10.3. The highest BCUT2D eigenvalue weighted by atomic mass is 19.4. The SMILES string of the molecule is CC(C)=CCN(CCCO)CC(F)(F)F. The molecule has 2 nitrogen and oxygen atoms in total. The summed E-state index contributed by atoms with van der Waals surface area (Å²) in [5.74, 6) is 0. The number of alkyl halides is 3. The van der Waals surface area contributed by atoms with Crippen molar-refractivity contribution in [2.75, 3.05) is 26.2 Å². The third kappa shape index (κ3) is 9.75. The Morgan fingerprint density at radius 1 is 1.33 bits per heavy atom. The molecule has 0 saturated carbocycles. The van der Waals surface area contributed by atoms with Gasteiger partial charge in [-0.05, 0) is 20.3 Å². The topological polar surface area (TPSA) is 23.5 Å². The first kappa shape index (κ1) is 14.5. The summed E-state index contributed by atoms with van der Waals surface area (Å²) in [6, 6.07) is 0. The Kier molecular flexibility index (Phi) is 6.60. The molecule has 0 aromatic rings. The lowest BCUT2D eigenvalue weighted by Crippen LogP contribution is -2.35. The summed E-state index contributed by atoms with van der Waals surface area (Å²) in [7, 11) is 0. The molecule has 5 heteroatoms. The summed E-state index contributed by atoms with van der Waals surface area (Å²) in [5, 5.41) is 8.57. The van der Waals surface area contributed by atoms with Gasteiger partial charge in [-0.2, -0.15) is 13.2 Å². The Balaban J connectivity index is 4.12. The maximum absolute atomic E-state index is 12.1. The van der Waals surface area contributed by atoms with Crippen molar-refractivity contribution in [2.45, 2.75) is 26.4 Å². The first-order valence-corrected chi connectivity index (χ1v) is 4.88. The lowest BCUT2D eigenvalue weighted by molar-refractivity contribution is -0.145. The maximum atomic E-state index is 12.1. The molecule has 0 heterocycles. The third-order valence-electron chi connectivity index (χ3n) is 1.79. The zero-order valence-corrected chi connectivity index (χ0v) is 9.14. The van der Waals surface area contributed by atoms with Gasteiger partial charge in [-0.3, -0.25) is 4.90 Å². The van der Waals surface area contributed by atoms with Gasteiger partial charge in [0.1, 0.15) is 0 Å². The highest BCUT2D eigenvalue weighted by molar-refractivity contribution is 4.95. The Morgan fingerprint density at radius 2 is 1.93 bits per heavy atom. The average Bonchev–Trinajstić information content (AvgIpc) is 2.07. The number of aliphatic hydroxyl groups is 1. The summed E-state index contributed by atoms with van der Waals surface area (Å²) in [4.78, 5) is 1.28. The molecule has 0 rings (SSSR count). The molecule has 1 N–H and O–H groups in total. The van der Waals surface area contributed by atoms with Crippen LogP contribution < -0.4 is 0 Å².